The number of hydrogen-bond acceptors (Lipinski definition) is 4. The number of rotatable bonds is 6. The molecule has 5 heteroatoms. The van der Waals surface area contributed by atoms with Crippen LogP contribution in [0.15, 0.2) is 22.9 Å². The van der Waals surface area contributed by atoms with Crippen LogP contribution in [-0.4, -0.2) is 21.5 Å². The van der Waals surface area contributed by atoms with Crippen molar-refractivity contribution >= 4 is 0 Å². The number of nitrogens with one attached hydrogen (secondary N) is 1. The van der Waals surface area contributed by atoms with Crippen molar-refractivity contribution in [1.29, 1.82) is 0 Å². The molecule has 1 unspecified atom stereocenters. The van der Waals surface area contributed by atoms with E-state index in [4.69, 9.17) is 4.42 Å². The lowest BCUT2D eigenvalue weighted by Crippen LogP contribution is -2.24. The topological polar surface area (TPSA) is 55.9 Å². The molecule has 0 bridgehead atoms. The molecule has 0 aliphatic heterocycles. The third-order valence-electron chi connectivity index (χ3n) is 2.98. The molecular formula is C13H20N4O. The maximum absolute atomic E-state index is 5.39. The second-order valence-electron chi connectivity index (χ2n) is 4.53. The van der Waals surface area contributed by atoms with Crippen LogP contribution >= 0.6 is 0 Å². The predicted molar refractivity (Wildman–Crippen MR) is 69.2 cm³/mol. The molecule has 5 nitrogen and oxygen atoms in total. The highest BCUT2D eigenvalue weighted by molar-refractivity contribution is 5.22. The van der Waals surface area contributed by atoms with E-state index in [1.165, 1.54) is 5.56 Å². The van der Waals surface area contributed by atoms with Gasteiger partial charge in [-0.1, -0.05) is 12.1 Å². The van der Waals surface area contributed by atoms with E-state index in [0.717, 1.165) is 30.8 Å². The fourth-order valence-electron chi connectivity index (χ4n) is 2.06. The van der Waals surface area contributed by atoms with E-state index in [1.54, 1.807) is 10.9 Å². The average Bonchev–Trinajstić information content (AvgIpc) is 2.93. The van der Waals surface area contributed by atoms with Crippen LogP contribution in [0.3, 0.4) is 0 Å². The molecule has 2 aromatic heterocycles. The summed E-state index contributed by atoms with van der Waals surface area (Å²) in [6.45, 7) is 5.14. The Labute approximate surface area is 107 Å². The van der Waals surface area contributed by atoms with Gasteiger partial charge in [-0.15, -0.1) is 5.10 Å². The summed E-state index contributed by atoms with van der Waals surface area (Å²) in [5.74, 6) is 0.965. The Morgan fingerprint density at radius 2 is 2.33 bits per heavy atom. The molecule has 0 aliphatic rings. The average molecular weight is 248 g/mol. The number of aromatic nitrogens is 3. The van der Waals surface area contributed by atoms with Gasteiger partial charge in [0.2, 0.25) is 0 Å². The first-order valence-electron chi connectivity index (χ1n) is 6.33. The Hall–Kier alpha value is -1.62. The van der Waals surface area contributed by atoms with Crippen LogP contribution in [0.2, 0.25) is 0 Å². The minimum atomic E-state index is 0.236. The molecule has 0 fully saturated rings. The smallest absolute Gasteiger partial charge is 0.105 e. The SMILES string of the molecule is CCCNC(Cc1cn(C)nn1)c1ccoc1C. The van der Waals surface area contributed by atoms with Crippen LogP contribution in [0.4, 0.5) is 0 Å². The largest absolute Gasteiger partial charge is 0.469 e. The van der Waals surface area contributed by atoms with Gasteiger partial charge in [-0.05, 0) is 26.0 Å². The molecule has 2 aromatic rings. The van der Waals surface area contributed by atoms with Gasteiger partial charge in [0.1, 0.15) is 5.76 Å². The van der Waals surface area contributed by atoms with E-state index < -0.39 is 0 Å². The fraction of sp³-hybridized carbons (Fsp3) is 0.538. The van der Waals surface area contributed by atoms with Crippen LogP contribution < -0.4 is 5.32 Å². The van der Waals surface area contributed by atoms with Crippen molar-refractivity contribution in [2.75, 3.05) is 6.54 Å². The second kappa shape index (κ2) is 5.82. The van der Waals surface area contributed by atoms with Crippen molar-refractivity contribution in [2.24, 2.45) is 7.05 Å². The van der Waals surface area contributed by atoms with Crippen molar-refractivity contribution in [3.8, 4) is 0 Å². The Morgan fingerprint density at radius 3 is 2.89 bits per heavy atom. The summed E-state index contributed by atoms with van der Waals surface area (Å²) in [4.78, 5) is 0. The molecule has 0 amide bonds. The molecule has 98 valence electrons. The summed E-state index contributed by atoms with van der Waals surface area (Å²) in [6.07, 6.45) is 5.63. The van der Waals surface area contributed by atoms with E-state index in [9.17, 15) is 0 Å². The van der Waals surface area contributed by atoms with E-state index in [2.05, 4.69) is 22.6 Å². The molecule has 0 aromatic carbocycles. The van der Waals surface area contributed by atoms with Gasteiger partial charge in [-0.2, -0.15) is 0 Å². The minimum Gasteiger partial charge on any atom is -0.469 e. The highest BCUT2D eigenvalue weighted by Gasteiger charge is 2.17. The van der Waals surface area contributed by atoms with Crippen LogP contribution in [0.5, 0.6) is 0 Å². The standard InChI is InChI=1S/C13H20N4O/c1-4-6-14-13(12-5-7-18-10(12)2)8-11-9-17(3)16-15-11/h5,7,9,13-14H,4,6,8H2,1-3H3. The van der Waals surface area contributed by atoms with E-state index in [0.29, 0.717) is 0 Å². The molecule has 1 N–H and O–H groups in total. The van der Waals surface area contributed by atoms with Gasteiger partial charge in [0.05, 0.1) is 12.0 Å². The van der Waals surface area contributed by atoms with Crippen molar-refractivity contribution in [2.45, 2.75) is 32.7 Å². The van der Waals surface area contributed by atoms with Gasteiger partial charge in [0.15, 0.2) is 0 Å². The zero-order valence-corrected chi connectivity index (χ0v) is 11.2. The maximum Gasteiger partial charge on any atom is 0.105 e. The van der Waals surface area contributed by atoms with Crippen molar-refractivity contribution < 1.29 is 4.42 Å². The normalized spacial score (nSPS) is 12.8. The van der Waals surface area contributed by atoms with Crippen LogP contribution in [-0.2, 0) is 13.5 Å². The van der Waals surface area contributed by atoms with E-state index in [1.807, 2.05) is 26.2 Å². The zero-order chi connectivity index (χ0) is 13.0. The molecule has 0 saturated heterocycles. The Bertz CT molecular complexity index is 489. The summed E-state index contributed by atoms with van der Waals surface area (Å²) in [5.41, 5.74) is 2.20. The van der Waals surface area contributed by atoms with Crippen molar-refractivity contribution in [3.05, 3.63) is 35.5 Å². The lowest BCUT2D eigenvalue weighted by molar-refractivity contribution is 0.491. The summed E-state index contributed by atoms with van der Waals surface area (Å²) in [7, 11) is 1.88. The third kappa shape index (κ3) is 2.98. The summed E-state index contributed by atoms with van der Waals surface area (Å²) >= 11 is 0. The van der Waals surface area contributed by atoms with E-state index >= 15 is 0 Å². The summed E-state index contributed by atoms with van der Waals surface area (Å²) in [6, 6.07) is 2.26. The molecule has 0 radical (unpaired) electrons. The highest BCUT2D eigenvalue weighted by atomic mass is 16.3. The number of furan rings is 1. The lowest BCUT2D eigenvalue weighted by Gasteiger charge is -2.16. The Morgan fingerprint density at radius 1 is 1.50 bits per heavy atom. The quantitative estimate of drug-likeness (QED) is 0.849. The van der Waals surface area contributed by atoms with Crippen molar-refractivity contribution in [1.82, 2.24) is 20.3 Å². The van der Waals surface area contributed by atoms with Gasteiger partial charge in [0.25, 0.3) is 0 Å². The maximum atomic E-state index is 5.39. The second-order valence-corrected chi connectivity index (χ2v) is 4.53. The van der Waals surface area contributed by atoms with Crippen LogP contribution in [0.1, 0.15) is 36.4 Å². The van der Waals surface area contributed by atoms with Gasteiger partial charge in [-0.3, -0.25) is 4.68 Å². The molecule has 2 rings (SSSR count). The van der Waals surface area contributed by atoms with Crippen LogP contribution in [0.25, 0.3) is 0 Å². The van der Waals surface area contributed by atoms with Gasteiger partial charge in [-0.25, -0.2) is 0 Å². The fourth-order valence-corrected chi connectivity index (χ4v) is 2.06. The third-order valence-corrected chi connectivity index (χ3v) is 2.98. The number of nitrogens with zero attached hydrogens (tertiary/aromatic N) is 3. The molecule has 1 atom stereocenters. The predicted octanol–water partition coefficient (Wildman–Crippen LogP) is 2.00. The summed E-state index contributed by atoms with van der Waals surface area (Å²) < 4.78 is 7.12. The van der Waals surface area contributed by atoms with Gasteiger partial charge in [0, 0.05) is 31.3 Å². The summed E-state index contributed by atoms with van der Waals surface area (Å²) in [5, 5.41) is 11.6. The first kappa shape index (κ1) is 12.8. The number of aryl methyl sites for hydroxylation is 2. The highest BCUT2D eigenvalue weighted by Crippen LogP contribution is 2.21. The van der Waals surface area contributed by atoms with E-state index in [-0.39, 0.29) is 6.04 Å². The van der Waals surface area contributed by atoms with Gasteiger partial charge >= 0.3 is 0 Å². The van der Waals surface area contributed by atoms with Gasteiger partial charge < -0.3 is 9.73 Å². The molecule has 0 aliphatic carbocycles. The molecule has 18 heavy (non-hydrogen) atoms. The monoisotopic (exact) mass is 248 g/mol. The van der Waals surface area contributed by atoms with Crippen molar-refractivity contribution in [3.63, 3.8) is 0 Å². The first-order chi connectivity index (χ1) is 8.70. The Kier molecular flexibility index (Phi) is 4.15. The Balaban J connectivity index is 2.12. The first-order valence-corrected chi connectivity index (χ1v) is 6.33. The molecule has 0 spiro atoms. The molecule has 0 saturated carbocycles. The number of hydrogen-bond donors (Lipinski definition) is 1. The van der Waals surface area contributed by atoms with Crippen LogP contribution in [0, 0.1) is 6.92 Å². The molecular weight excluding hydrogens is 228 g/mol. The zero-order valence-electron chi connectivity index (χ0n) is 11.2. The minimum absolute atomic E-state index is 0.236. The molecule has 2 heterocycles. The lowest BCUT2D eigenvalue weighted by atomic mass is 10.0.